The molecule has 2 heterocycles. The third-order valence-electron chi connectivity index (χ3n) is 2.11. The molecular formula is C12H8Se4. The predicted octanol–water partition coefficient (Wildman–Crippen LogP) is 1.43. The van der Waals surface area contributed by atoms with E-state index in [1.807, 2.05) is 6.74 Å². The molecule has 0 N–H and O–H groups in total. The molecule has 4 heteroatoms. The molecule has 1 aromatic carbocycles. The van der Waals surface area contributed by atoms with E-state index < -0.39 is 0 Å². The van der Waals surface area contributed by atoms with Crippen molar-refractivity contribution in [2.24, 2.45) is 0 Å². The molecule has 2 aliphatic heterocycles. The van der Waals surface area contributed by atoms with Crippen molar-refractivity contribution in [2.75, 3.05) is 0 Å². The van der Waals surface area contributed by atoms with Crippen molar-refractivity contribution in [2.45, 2.75) is 0 Å². The monoisotopic (exact) mass is 472 g/mol. The van der Waals surface area contributed by atoms with Crippen LogP contribution < -0.4 is 0 Å². The van der Waals surface area contributed by atoms with Crippen LogP contribution in [-0.2, 0) is 0 Å². The summed E-state index contributed by atoms with van der Waals surface area (Å²) in [5.41, 5.74) is 1.45. The van der Waals surface area contributed by atoms with E-state index in [-0.39, 0.29) is 0 Å². The minimum atomic E-state index is 0.631. The topological polar surface area (TPSA) is 0 Å². The van der Waals surface area contributed by atoms with Crippen LogP contribution in [-0.4, -0.2) is 59.8 Å². The Morgan fingerprint density at radius 1 is 0.750 bits per heavy atom. The summed E-state index contributed by atoms with van der Waals surface area (Å²) >= 11 is 2.71. The molecule has 0 nitrogen and oxygen atoms in total. The van der Waals surface area contributed by atoms with Crippen molar-refractivity contribution >= 4 is 64.3 Å². The molecule has 0 spiro atoms. The fraction of sp³-hybridized carbons (Fsp3) is 0. The maximum atomic E-state index is 2.51. The van der Waals surface area contributed by atoms with Gasteiger partial charge in [0.15, 0.2) is 0 Å². The molecule has 0 fully saturated rings. The molecule has 0 bridgehead atoms. The first-order valence-corrected chi connectivity index (χ1v) is 12.0. The molecular weight excluding hydrogens is 460 g/mol. The van der Waals surface area contributed by atoms with Crippen molar-refractivity contribution in [3.05, 3.63) is 57.6 Å². The third-order valence-corrected chi connectivity index (χ3v) is 16.9. The Balaban J connectivity index is 1.80. The number of hydrogen-bond acceptors (Lipinski definition) is 0. The van der Waals surface area contributed by atoms with E-state index in [0.717, 1.165) is 0 Å². The Morgan fingerprint density at radius 3 is 2.25 bits per heavy atom. The number of hydrogen-bond donors (Lipinski definition) is 0. The van der Waals surface area contributed by atoms with Crippen molar-refractivity contribution in [3.8, 4) is 0 Å². The molecule has 1 aromatic rings. The first kappa shape index (κ1) is 11.6. The Hall–Kier alpha value is 0.518. The molecule has 2 aliphatic rings. The average Bonchev–Trinajstić information content (AvgIpc) is 3.01. The molecule has 0 aliphatic carbocycles. The van der Waals surface area contributed by atoms with Gasteiger partial charge in [-0.15, -0.1) is 0 Å². The normalized spacial score (nSPS) is 19.4. The van der Waals surface area contributed by atoms with Crippen LogP contribution in [0.1, 0.15) is 5.56 Å². The summed E-state index contributed by atoms with van der Waals surface area (Å²) in [5, 5.41) is 0. The van der Waals surface area contributed by atoms with Crippen LogP contribution in [0.4, 0.5) is 0 Å². The van der Waals surface area contributed by atoms with Crippen LogP contribution in [0.3, 0.4) is 0 Å². The maximum absolute atomic E-state index is 2.51. The Labute approximate surface area is 121 Å². The van der Waals surface area contributed by atoms with Crippen molar-refractivity contribution in [3.63, 3.8) is 0 Å². The molecule has 0 atom stereocenters. The van der Waals surface area contributed by atoms with Crippen LogP contribution in [0.2, 0.25) is 0 Å². The summed E-state index contributed by atoms with van der Waals surface area (Å²) < 4.78 is 5.29. The van der Waals surface area contributed by atoms with Crippen molar-refractivity contribution in [1.82, 2.24) is 0 Å². The number of rotatable bonds is 1. The first-order chi connectivity index (χ1) is 7.93. The molecule has 3 rings (SSSR count). The second kappa shape index (κ2) is 5.44. The molecule has 0 aromatic heterocycles. The van der Waals surface area contributed by atoms with Crippen LogP contribution >= 0.6 is 0 Å². The second-order valence-electron chi connectivity index (χ2n) is 3.15. The van der Waals surface area contributed by atoms with Crippen LogP contribution in [0.25, 0.3) is 4.47 Å². The van der Waals surface area contributed by atoms with Gasteiger partial charge in [0.2, 0.25) is 0 Å². The zero-order valence-electron chi connectivity index (χ0n) is 8.25. The zero-order chi connectivity index (χ0) is 10.8. The van der Waals surface area contributed by atoms with Gasteiger partial charge in [-0.25, -0.2) is 0 Å². The van der Waals surface area contributed by atoms with Gasteiger partial charge in [-0.05, 0) is 0 Å². The molecule has 0 saturated heterocycles. The van der Waals surface area contributed by atoms with Crippen molar-refractivity contribution < 1.29 is 0 Å². The van der Waals surface area contributed by atoms with Gasteiger partial charge in [-0.3, -0.25) is 0 Å². The van der Waals surface area contributed by atoms with E-state index >= 15 is 0 Å². The summed E-state index contributed by atoms with van der Waals surface area (Å²) in [6, 6.07) is 10.9. The van der Waals surface area contributed by atoms with E-state index in [0.29, 0.717) is 59.8 Å². The van der Waals surface area contributed by atoms with Gasteiger partial charge in [0.1, 0.15) is 0 Å². The van der Waals surface area contributed by atoms with Gasteiger partial charge in [-0.1, -0.05) is 0 Å². The summed E-state index contributed by atoms with van der Waals surface area (Å²) in [5.74, 6) is 0. The van der Waals surface area contributed by atoms with E-state index in [4.69, 9.17) is 0 Å². The first-order valence-electron chi connectivity index (χ1n) is 4.76. The van der Waals surface area contributed by atoms with Crippen LogP contribution in [0, 0.1) is 0 Å². The van der Waals surface area contributed by atoms with Gasteiger partial charge in [0.25, 0.3) is 0 Å². The molecule has 0 radical (unpaired) electrons. The van der Waals surface area contributed by atoms with E-state index in [9.17, 15) is 0 Å². The summed E-state index contributed by atoms with van der Waals surface area (Å²) in [4.78, 5) is 7.32. The second-order valence-corrected chi connectivity index (χ2v) is 13.7. The fourth-order valence-electron chi connectivity index (χ4n) is 1.38. The molecule has 80 valence electrons. The van der Waals surface area contributed by atoms with E-state index in [2.05, 4.69) is 45.3 Å². The van der Waals surface area contributed by atoms with Crippen LogP contribution in [0.15, 0.2) is 52.0 Å². The van der Waals surface area contributed by atoms with E-state index in [1.54, 1.807) is 4.47 Å². The average molecular weight is 468 g/mol. The fourth-order valence-corrected chi connectivity index (χ4v) is 15.1. The molecule has 0 saturated carbocycles. The van der Waals surface area contributed by atoms with Crippen molar-refractivity contribution in [1.29, 1.82) is 0 Å². The Bertz CT molecular complexity index is 475. The molecule has 0 unspecified atom stereocenters. The summed E-state index contributed by atoms with van der Waals surface area (Å²) in [6.07, 6.45) is 0. The standard InChI is InChI=1S/C12H8Se4/c1-2-4-9(5-3-1)10-8-15-12(16-10)11-13-6-7-14-11/h1-8H. The van der Waals surface area contributed by atoms with Gasteiger partial charge in [0.05, 0.1) is 0 Å². The quantitative estimate of drug-likeness (QED) is 0.548. The summed E-state index contributed by atoms with van der Waals surface area (Å²) in [6.45, 7) is 0. The number of benzene rings is 1. The van der Waals surface area contributed by atoms with Gasteiger partial charge in [0, 0.05) is 0 Å². The molecule has 0 amide bonds. The Kier molecular flexibility index (Phi) is 3.94. The van der Waals surface area contributed by atoms with Gasteiger partial charge >= 0.3 is 122 Å². The van der Waals surface area contributed by atoms with Crippen LogP contribution in [0.5, 0.6) is 0 Å². The molecule has 16 heavy (non-hydrogen) atoms. The summed E-state index contributed by atoms with van der Waals surface area (Å²) in [7, 11) is 0. The SMILES string of the molecule is C1=C[Se]C(=C2[Se]C=C(c3ccccc3)[Se]2)[Se]1. The predicted molar refractivity (Wildman–Crippen MR) is 73.6 cm³/mol. The van der Waals surface area contributed by atoms with Gasteiger partial charge in [-0.2, -0.15) is 0 Å². The third kappa shape index (κ3) is 2.51. The zero-order valence-corrected chi connectivity index (χ0v) is 15.1. The minimum absolute atomic E-state index is 0.631. The van der Waals surface area contributed by atoms with E-state index in [1.165, 1.54) is 5.56 Å². The Morgan fingerprint density at radius 2 is 1.50 bits per heavy atom. The van der Waals surface area contributed by atoms with Gasteiger partial charge < -0.3 is 0 Å².